The molecule has 1 amide bonds. The van der Waals surface area contributed by atoms with Gasteiger partial charge in [0.05, 0.1) is 22.2 Å². The lowest BCUT2D eigenvalue weighted by molar-refractivity contribution is -0.144. The number of carbonyl (C=O) groups excluding carboxylic acids is 1. The highest BCUT2D eigenvalue weighted by molar-refractivity contribution is 7.98. The number of hydrogen-bond acceptors (Lipinski definition) is 4. The smallest absolute Gasteiger partial charge is 0.331 e. The number of aliphatic carboxylic acids is 1. The molecule has 0 bridgehead atoms. The Labute approximate surface area is 135 Å². The highest BCUT2D eigenvalue weighted by Crippen LogP contribution is 2.31. The lowest BCUT2D eigenvalue weighted by Crippen LogP contribution is -2.55. The molecule has 114 valence electrons. The zero-order valence-corrected chi connectivity index (χ0v) is 13.4. The molecule has 0 aliphatic carbocycles. The zero-order valence-electron chi connectivity index (χ0n) is 11.1. The number of benzene rings is 1. The lowest BCUT2D eigenvalue weighted by Gasteiger charge is -2.24. The van der Waals surface area contributed by atoms with E-state index in [1.54, 1.807) is 6.07 Å². The number of hydrogen-bond donors (Lipinski definition) is 2. The Hall–Kier alpha value is -0.950. The average molecular weight is 350 g/mol. The van der Waals surface area contributed by atoms with Gasteiger partial charge in [0, 0.05) is 17.9 Å². The Morgan fingerprint density at radius 2 is 2.10 bits per heavy atom. The minimum absolute atomic E-state index is 0.0608. The van der Waals surface area contributed by atoms with Crippen molar-refractivity contribution in [2.24, 2.45) is 0 Å². The second kappa shape index (κ2) is 6.44. The SMILES string of the molecule is CSc1cc(C(=O)NC2(C(=O)O)CCOC2)c(Cl)cc1Cl. The summed E-state index contributed by atoms with van der Waals surface area (Å²) in [5.74, 6) is -1.68. The number of rotatable bonds is 4. The normalized spacial score (nSPS) is 21.3. The molecule has 8 heteroatoms. The summed E-state index contributed by atoms with van der Waals surface area (Å²) in [6.45, 7) is 0.228. The van der Waals surface area contributed by atoms with Gasteiger partial charge < -0.3 is 15.2 Å². The minimum atomic E-state index is -1.40. The molecule has 1 heterocycles. The van der Waals surface area contributed by atoms with Gasteiger partial charge >= 0.3 is 5.97 Å². The highest BCUT2D eigenvalue weighted by atomic mass is 35.5. The lowest BCUT2D eigenvalue weighted by atomic mass is 9.98. The second-order valence-corrected chi connectivity index (χ2v) is 6.27. The van der Waals surface area contributed by atoms with Gasteiger partial charge in [0.1, 0.15) is 0 Å². The van der Waals surface area contributed by atoms with Crippen LogP contribution in [0.4, 0.5) is 0 Å². The Bertz CT molecular complexity index is 588. The van der Waals surface area contributed by atoms with Crippen molar-refractivity contribution in [2.45, 2.75) is 16.9 Å². The largest absolute Gasteiger partial charge is 0.479 e. The van der Waals surface area contributed by atoms with E-state index in [0.29, 0.717) is 9.92 Å². The molecule has 2 rings (SSSR count). The summed E-state index contributed by atoms with van der Waals surface area (Å²) >= 11 is 13.4. The van der Waals surface area contributed by atoms with Crippen LogP contribution in [-0.2, 0) is 9.53 Å². The molecule has 0 saturated carbocycles. The molecular weight excluding hydrogens is 337 g/mol. The average Bonchev–Trinajstić information content (AvgIpc) is 2.88. The molecule has 1 aromatic rings. The monoisotopic (exact) mass is 349 g/mol. The van der Waals surface area contributed by atoms with Crippen molar-refractivity contribution < 1.29 is 19.4 Å². The molecule has 0 aromatic heterocycles. The fourth-order valence-corrected chi connectivity index (χ4v) is 3.22. The van der Waals surface area contributed by atoms with E-state index in [-0.39, 0.29) is 30.2 Å². The molecule has 5 nitrogen and oxygen atoms in total. The Morgan fingerprint density at radius 1 is 1.38 bits per heavy atom. The standard InChI is InChI=1S/C13H13Cl2NO4S/c1-21-10-4-7(8(14)5-9(10)15)11(17)16-13(12(18)19)2-3-20-6-13/h4-5H,2-3,6H2,1H3,(H,16,17)(H,18,19). The van der Waals surface area contributed by atoms with Crippen LogP contribution in [0.25, 0.3) is 0 Å². The quantitative estimate of drug-likeness (QED) is 0.817. The first-order valence-electron chi connectivity index (χ1n) is 6.06. The number of halogens is 2. The molecule has 1 aromatic carbocycles. The summed E-state index contributed by atoms with van der Waals surface area (Å²) in [6, 6.07) is 3.03. The molecule has 1 saturated heterocycles. The van der Waals surface area contributed by atoms with Crippen molar-refractivity contribution in [1.29, 1.82) is 0 Å². The van der Waals surface area contributed by atoms with E-state index >= 15 is 0 Å². The first-order chi connectivity index (χ1) is 9.89. The summed E-state index contributed by atoms with van der Waals surface area (Å²) in [7, 11) is 0. The van der Waals surface area contributed by atoms with E-state index < -0.39 is 17.4 Å². The molecule has 0 spiro atoms. The summed E-state index contributed by atoms with van der Waals surface area (Å²) < 4.78 is 5.10. The van der Waals surface area contributed by atoms with Crippen LogP contribution in [0.1, 0.15) is 16.8 Å². The zero-order chi connectivity index (χ0) is 15.6. The number of thioether (sulfide) groups is 1. The van der Waals surface area contributed by atoms with E-state index in [4.69, 9.17) is 27.9 Å². The van der Waals surface area contributed by atoms with Gasteiger partial charge in [-0.05, 0) is 18.4 Å². The maximum absolute atomic E-state index is 12.3. The minimum Gasteiger partial charge on any atom is -0.479 e. The summed E-state index contributed by atoms with van der Waals surface area (Å²) in [5.41, 5.74) is -1.21. The Balaban J connectivity index is 2.30. The van der Waals surface area contributed by atoms with Crippen LogP contribution in [-0.4, -0.2) is 42.0 Å². The third-order valence-corrected chi connectivity index (χ3v) is 4.79. The van der Waals surface area contributed by atoms with E-state index in [2.05, 4.69) is 5.32 Å². The Kier molecular flexibility index (Phi) is 5.03. The van der Waals surface area contributed by atoms with Crippen molar-refractivity contribution in [3.63, 3.8) is 0 Å². The first-order valence-corrected chi connectivity index (χ1v) is 8.04. The van der Waals surface area contributed by atoms with Crippen molar-refractivity contribution in [3.05, 3.63) is 27.7 Å². The van der Waals surface area contributed by atoms with Gasteiger partial charge in [-0.2, -0.15) is 0 Å². The van der Waals surface area contributed by atoms with Gasteiger partial charge in [-0.1, -0.05) is 23.2 Å². The van der Waals surface area contributed by atoms with Gasteiger partial charge in [-0.3, -0.25) is 4.79 Å². The summed E-state index contributed by atoms with van der Waals surface area (Å²) in [4.78, 5) is 24.4. The molecule has 1 aliphatic rings. The number of ether oxygens (including phenoxy) is 1. The van der Waals surface area contributed by atoms with E-state index in [1.165, 1.54) is 17.8 Å². The fraction of sp³-hybridized carbons (Fsp3) is 0.385. The van der Waals surface area contributed by atoms with Crippen molar-refractivity contribution in [2.75, 3.05) is 19.5 Å². The molecule has 1 atom stereocenters. The van der Waals surface area contributed by atoms with Gasteiger partial charge in [0.25, 0.3) is 5.91 Å². The maximum atomic E-state index is 12.3. The van der Waals surface area contributed by atoms with Crippen molar-refractivity contribution >= 4 is 46.8 Å². The van der Waals surface area contributed by atoms with Crippen LogP contribution in [0.3, 0.4) is 0 Å². The predicted octanol–water partition coefficient (Wildman–Crippen LogP) is 2.69. The second-order valence-electron chi connectivity index (χ2n) is 4.61. The van der Waals surface area contributed by atoms with Crippen molar-refractivity contribution in [1.82, 2.24) is 5.32 Å². The van der Waals surface area contributed by atoms with Crippen LogP contribution in [0.15, 0.2) is 17.0 Å². The van der Waals surface area contributed by atoms with E-state index in [9.17, 15) is 14.7 Å². The molecule has 1 fully saturated rings. The first kappa shape index (κ1) is 16.4. The number of carboxylic acid groups (broad SMARTS) is 1. The van der Waals surface area contributed by atoms with Crippen LogP contribution < -0.4 is 5.32 Å². The van der Waals surface area contributed by atoms with Gasteiger partial charge in [0.15, 0.2) is 5.54 Å². The number of amides is 1. The predicted molar refractivity (Wildman–Crippen MR) is 81.5 cm³/mol. The molecule has 0 radical (unpaired) electrons. The van der Waals surface area contributed by atoms with Gasteiger partial charge in [-0.15, -0.1) is 11.8 Å². The van der Waals surface area contributed by atoms with Gasteiger partial charge in [0.2, 0.25) is 0 Å². The number of carboxylic acids is 1. The molecule has 1 aliphatic heterocycles. The third-order valence-electron chi connectivity index (χ3n) is 3.27. The van der Waals surface area contributed by atoms with Crippen LogP contribution in [0.5, 0.6) is 0 Å². The third kappa shape index (κ3) is 3.29. The molecule has 1 unspecified atom stereocenters. The fourth-order valence-electron chi connectivity index (χ4n) is 2.03. The van der Waals surface area contributed by atoms with Crippen LogP contribution in [0.2, 0.25) is 10.0 Å². The van der Waals surface area contributed by atoms with Crippen molar-refractivity contribution in [3.8, 4) is 0 Å². The van der Waals surface area contributed by atoms with Crippen LogP contribution >= 0.6 is 35.0 Å². The van der Waals surface area contributed by atoms with E-state index in [0.717, 1.165) is 0 Å². The topological polar surface area (TPSA) is 75.6 Å². The van der Waals surface area contributed by atoms with Gasteiger partial charge in [-0.25, -0.2) is 4.79 Å². The summed E-state index contributed by atoms with van der Waals surface area (Å²) in [5, 5.41) is 12.5. The van der Waals surface area contributed by atoms with E-state index in [1.807, 2.05) is 6.26 Å². The Morgan fingerprint density at radius 3 is 2.62 bits per heavy atom. The van der Waals surface area contributed by atoms with Crippen LogP contribution in [0, 0.1) is 0 Å². The number of nitrogens with one attached hydrogen (secondary N) is 1. The molecule has 2 N–H and O–H groups in total. The molecular formula is C13H13Cl2NO4S. The summed E-state index contributed by atoms with van der Waals surface area (Å²) in [6.07, 6.45) is 2.04. The number of carbonyl (C=O) groups is 2. The maximum Gasteiger partial charge on any atom is 0.331 e. The highest BCUT2D eigenvalue weighted by Gasteiger charge is 2.44. The molecule has 21 heavy (non-hydrogen) atoms.